The molecule has 0 amide bonds. The van der Waals surface area contributed by atoms with Gasteiger partial charge in [-0.25, -0.2) is 0 Å². The number of hydrogen-bond donors (Lipinski definition) is 1. The van der Waals surface area contributed by atoms with Crippen LogP contribution in [0, 0.1) is 0 Å². The summed E-state index contributed by atoms with van der Waals surface area (Å²) in [5, 5.41) is 9.55. The Bertz CT molecular complexity index is 311. The first-order chi connectivity index (χ1) is 7.68. The van der Waals surface area contributed by atoms with Crippen LogP contribution in [-0.2, 0) is 11.3 Å². The van der Waals surface area contributed by atoms with Crippen molar-refractivity contribution < 1.29 is 9.84 Å². The van der Waals surface area contributed by atoms with E-state index in [2.05, 4.69) is 22.5 Å². The summed E-state index contributed by atoms with van der Waals surface area (Å²) in [5.41, 5.74) is 1.15. The van der Waals surface area contributed by atoms with Gasteiger partial charge in [-0.05, 0) is 16.5 Å². The molecule has 0 aliphatic carbocycles. The lowest BCUT2D eigenvalue weighted by Crippen LogP contribution is -2.10. The van der Waals surface area contributed by atoms with Crippen molar-refractivity contribution in [1.29, 1.82) is 0 Å². The summed E-state index contributed by atoms with van der Waals surface area (Å²) in [6.45, 7) is 4.85. The predicted molar refractivity (Wildman–Crippen MR) is 69.4 cm³/mol. The number of hydrogen-bond acceptors (Lipinski definition) is 2. The van der Waals surface area contributed by atoms with Gasteiger partial charge in [0.05, 0.1) is 12.7 Å². The Hall–Kier alpha value is -0.640. The van der Waals surface area contributed by atoms with E-state index in [0.29, 0.717) is 26.1 Å². The Balaban J connectivity index is 2.10. The van der Waals surface area contributed by atoms with E-state index in [4.69, 9.17) is 4.74 Å². The number of aliphatic hydroxyl groups is 1. The topological polar surface area (TPSA) is 29.5 Å². The molecule has 0 bridgehead atoms. The van der Waals surface area contributed by atoms with Gasteiger partial charge in [-0.15, -0.1) is 0 Å². The second-order valence-electron chi connectivity index (χ2n) is 3.70. The van der Waals surface area contributed by atoms with Crippen LogP contribution >= 0.6 is 15.9 Å². The highest BCUT2D eigenvalue weighted by atomic mass is 79.9. The van der Waals surface area contributed by atoms with Crippen molar-refractivity contribution in [3.05, 3.63) is 47.0 Å². The average Bonchev–Trinajstić information content (AvgIpc) is 2.25. The molecular weight excluding hydrogens is 268 g/mol. The maximum Gasteiger partial charge on any atom is 0.0716 e. The molecule has 1 aromatic carbocycles. The molecule has 0 aliphatic rings. The first-order valence-corrected chi connectivity index (χ1v) is 6.11. The van der Waals surface area contributed by atoms with Crippen molar-refractivity contribution >= 4 is 15.9 Å². The van der Waals surface area contributed by atoms with Crippen molar-refractivity contribution in [1.82, 2.24) is 0 Å². The van der Waals surface area contributed by atoms with Crippen molar-refractivity contribution in [2.24, 2.45) is 0 Å². The van der Waals surface area contributed by atoms with Crippen molar-refractivity contribution in [2.75, 3.05) is 6.61 Å². The van der Waals surface area contributed by atoms with Crippen LogP contribution in [-0.4, -0.2) is 17.8 Å². The van der Waals surface area contributed by atoms with Crippen LogP contribution in [0.4, 0.5) is 0 Å². The van der Waals surface area contributed by atoms with E-state index in [9.17, 15) is 5.11 Å². The second kappa shape index (κ2) is 7.60. The third-order valence-electron chi connectivity index (χ3n) is 2.16. The van der Waals surface area contributed by atoms with E-state index >= 15 is 0 Å². The summed E-state index contributed by atoms with van der Waals surface area (Å²) in [6.07, 6.45) is 0.842. The van der Waals surface area contributed by atoms with E-state index in [1.807, 2.05) is 30.3 Å². The first kappa shape index (κ1) is 13.4. The Morgan fingerprint density at radius 3 is 2.69 bits per heavy atom. The molecule has 0 radical (unpaired) electrons. The highest BCUT2D eigenvalue weighted by Gasteiger charge is 2.04. The van der Waals surface area contributed by atoms with Gasteiger partial charge < -0.3 is 9.84 Å². The molecule has 0 saturated heterocycles. The minimum Gasteiger partial charge on any atom is -0.393 e. The molecule has 1 unspecified atom stereocenters. The average molecular weight is 285 g/mol. The second-order valence-corrected chi connectivity index (χ2v) is 4.82. The molecular formula is C13H17BrO2. The van der Waals surface area contributed by atoms with Crippen LogP contribution < -0.4 is 0 Å². The zero-order valence-corrected chi connectivity index (χ0v) is 10.8. The number of aliphatic hydroxyl groups excluding tert-OH is 1. The van der Waals surface area contributed by atoms with Gasteiger partial charge in [-0.2, -0.15) is 0 Å². The molecule has 2 nitrogen and oxygen atoms in total. The Kier molecular flexibility index (Phi) is 6.38. The normalized spacial score (nSPS) is 12.4. The molecule has 0 aromatic heterocycles. The third kappa shape index (κ3) is 6.05. The fourth-order valence-electron chi connectivity index (χ4n) is 1.34. The van der Waals surface area contributed by atoms with Crippen molar-refractivity contribution in [3.63, 3.8) is 0 Å². The fourth-order valence-corrected chi connectivity index (χ4v) is 1.72. The largest absolute Gasteiger partial charge is 0.393 e. The van der Waals surface area contributed by atoms with Gasteiger partial charge in [-0.1, -0.05) is 52.8 Å². The molecule has 1 rings (SSSR count). The van der Waals surface area contributed by atoms with Crippen molar-refractivity contribution in [3.8, 4) is 0 Å². The van der Waals surface area contributed by atoms with Crippen LogP contribution in [0.3, 0.4) is 0 Å². The van der Waals surface area contributed by atoms with E-state index in [0.717, 1.165) is 10.0 Å². The van der Waals surface area contributed by atoms with E-state index in [-0.39, 0.29) is 6.10 Å². The maximum atomic E-state index is 9.55. The highest BCUT2D eigenvalue weighted by Crippen LogP contribution is 2.12. The van der Waals surface area contributed by atoms with Gasteiger partial charge in [0.1, 0.15) is 0 Å². The number of ether oxygens (including phenoxy) is 1. The zero-order chi connectivity index (χ0) is 11.8. The smallest absolute Gasteiger partial charge is 0.0716 e. The minimum atomic E-state index is -0.373. The maximum absolute atomic E-state index is 9.55. The summed E-state index contributed by atoms with van der Waals surface area (Å²) < 4.78 is 6.29. The van der Waals surface area contributed by atoms with E-state index in [1.165, 1.54) is 0 Å². The molecule has 3 heteroatoms. The van der Waals surface area contributed by atoms with Crippen LogP contribution in [0.1, 0.15) is 18.4 Å². The SMILES string of the molecule is C=C(Br)CC(O)CCOCc1ccccc1. The summed E-state index contributed by atoms with van der Waals surface area (Å²) in [6, 6.07) is 10.0. The number of halogens is 1. The standard InChI is InChI=1S/C13H17BrO2/c1-11(14)9-13(15)7-8-16-10-12-5-3-2-4-6-12/h2-6,13,15H,1,7-10H2. The molecule has 0 spiro atoms. The van der Waals surface area contributed by atoms with Gasteiger partial charge in [0.25, 0.3) is 0 Å². The predicted octanol–water partition coefficient (Wildman–Crippen LogP) is 3.25. The monoisotopic (exact) mass is 284 g/mol. The van der Waals surface area contributed by atoms with Gasteiger partial charge in [0.15, 0.2) is 0 Å². The van der Waals surface area contributed by atoms with Gasteiger partial charge in [-0.3, -0.25) is 0 Å². The lowest BCUT2D eigenvalue weighted by molar-refractivity contribution is 0.0744. The lowest BCUT2D eigenvalue weighted by atomic mass is 10.2. The molecule has 0 saturated carbocycles. The molecule has 1 atom stereocenters. The summed E-state index contributed by atoms with van der Waals surface area (Å²) >= 11 is 3.23. The molecule has 0 aliphatic heterocycles. The zero-order valence-electron chi connectivity index (χ0n) is 9.23. The molecule has 1 aromatic rings. The minimum absolute atomic E-state index is 0.373. The molecule has 88 valence electrons. The van der Waals surface area contributed by atoms with E-state index in [1.54, 1.807) is 0 Å². The van der Waals surface area contributed by atoms with Crippen LogP contribution in [0.15, 0.2) is 41.4 Å². The van der Waals surface area contributed by atoms with Crippen LogP contribution in [0.25, 0.3) is 0 Å². The van der Waals surface area contributed by atoms with Gasteiger partial charge in [0, 0.05) is 13.0 Å². The van der Waals surface area contributed by atoms with E-state index < -0.39 is 0 Å². The number of benzene rings is 1. The molecule has 0 fully saturated rings. The van der Waals surface area contributed by atoms with Gasteiger partial charge in [0.2, 0.25) is 0 Å². The van der Waals surface area contributed by atoms with Crippen LogP contribution in [0.2, 0.25) is 0 Å². The van der Waals surface area contributed by atoms with Gasteiger partial charge >= 0.3 is 0 Å². The Morgan fingerprint density at radius 2 is 2.06 bits per heavy atom. The quantitative estimate of drug-likeness (QED) is 0.779. The Labute approximate surface area is 105 Å². The number of rotatable bonds is 7. The van der Waals surface area contributed by atoms with Crippen molar-refractivity contribution in [2.45, 2.75) is 25.6 Å². The van der Waals surface area contributed by atoms with Crippen LogP contribution in [0.5, 0.6) is 0 Å². The fraction of sp³-hybridized carbons (Fsp3) is 0.385. The summed E-state index contributed by atoms with van der Waals surface area (Å²) in [7, 11) is 0. The Morgan fingerprint density at radius 1 is 1.38 bits per heavy atom. The lowest BCUT2D eigenvalue weighted by Gasteiger charge is -2.09. The highest BCUT2D eigenvalue weighted by molar-refractivity contribution is 9.11. The summed E-state index contributed by atoms with van der Waals surface area (Å²) in [5.74, 6) is 0. The molecule has 1 N–H and O–H groups in total. The summed E-state index contributed by atoms with van der Waals surface area (Å²) in [4.78, 5) is 0. The molecule has 16 heavy (non-hydrogen) atoms. The molecule has 0 heterocycles. The first-order valence-electron chi connectivity index (χ1n) is 5.31. The third-order valence-corrected chi connectivity index (χ3v) is 2.49.